The van der Waals surface area contributed by atoms with Crippen LogP contribution in [0.3, 0.4) is 0 Å². The number of aliphatic hydroxyl groups is 2. The van der Waals surface area contributed by atoms with Crippen molar-refractivity contribution in [3.8, 4) is 0 Å². The average molecular weight is 401 g/mol. The second-order valence-electron chi connectivity index (χ2n) is 7.62. The summed E-state index contributed by atoms with van der Waals surface area (Å²) >= 11 is 0. The van der Waals surface area contributed by atoms with Crippen molar-refractivity contribution in [2.24, 2.45) is 0 Å². The molecule has 1 aliphatic rings. The molecule has 0 spiro atoms. The lowest BCUT2D eigenvalue weighted by atomic mass is 10.1. The molecular weight excluding hydrogens is 373 g/mol. The second-order valence-corrected chi connectivity index (χ2v) is 11.9. The van der Waals surface area contributed by atoms with E-state index in [0.717, 1.165) is 10.7 Å². The van der Waals surface area contributed by atoms with E-state index in [1.807, 2.05) is 0 Å². The van der Waals surface area contributed by atoms with Crippen LogP contribution in [0.1, 0.15) is 25.1 Å². The average Bonchev–Trinajstić information content (AvgIpc) is 2.82. The van der Waals surface area contributed by atoms with E-state index in [4.69, 9.17) is 4.74 Å². The SMILES string of the molecule is C=P(C)(C)CCC1OC(n2cc(CNCC(C)=O)c(=O)[nH]c2=O)[C@H](O)[C@@H]1O. The number of carbonyl (C=O) groups is 1. The minimum Gasteiger partial charge on any atom is -0.388 e. The molecule has 2 heterocycles. The second kappa shape index (κ2) is 8.67. The van der Waals surface area contributed by atoms with Gasteiger partial charge in [-0.05, 0) is 32.8 Å². The Morgan fingerprint density at radius 3 is 2.63 bits per heavy atom. The van der Waals surface area contributed by atoms with Crippen molar-refractivity contribution in [1.82, 2.24) is 14.9 Å². The molecule has 0 saturated carbocycles. The first-order valence-electron chi connectivity index (χ1n) is 8.73. The van der Waals surface area contributed by atoms with Gasteiger partial charge < -0.3 is 20.3 Å². The molecule has 1 fully saturated rings. The van der Waals surface area contributed by atoms with Crippen molar-refractivity contribution < 1.29 is 19.7 Å². The first kappa shape index (κ1) is 21.8. The first-order valence-corrected chi connectivity index (χ1v) is 11.8. The maximum atomic E-state index is 12.2. The largest absolute Gasteiger partial charge is 0.388 e. The van der Waals surface area contributed by atoms with E-state index < -0.39 is 42.7 Å². The Labute approximate surface area is 157 Å². The lowest BCUT2D eigenvalue weighted by molar-refractivity contribution is -0.116. The molecule has 9 nitrogen and oxygen atoms in total. The van der Waals surface area contributed by atoms with E-state index in [1.165, 1.54) is 13.1 Å². The molecule has 4 N–H and O–H groups in total. The molecule has 2 unspecified atom stereocenters. The number of aliphatic hydroxyl groups excluding tert-OH is 2. The van der Waals surface area contributed by atoms with Crippen molar-refractivity contribution in [3.05, 3.63) is 32.6 Å². The molecule has 10 heteroatoms. The zero-order valence-electron chi connectivity index (χ0n) is 15.8. The van der Waals surface area contributed by atoms with Crippen LogP contribution in [0.25, 0.3) is 0 Å². The van der Waals surface area contributed by atoms with Crippen LogP contribution < -0.4 is 16.6 Å². The van der Waals surface area contributed by atoms with Gasteiger partial charge in [-0.1, -0.05) is 0 Å². The molecule has 27 heavy (non-hydrogen) atoms. The Balaban J connectivity index is 2.21. The lowest BCUT2D eigenvalue weighted by Gasteiger charge is -2.19. The summed E-state index contributed by atoms with van der Waals surface area (Å²) in [6, 6.07) is 0. The van der Waals surface area contributed by atoms with Gasteiger partial charge >= 0.3 is 5.69 Å². The zero-order valence-corrected chi connectivity index (χ0v) is 16.7. The van der Waals surface area contributed by atoms with Gasteiger partial charge in [-0.25, -0.2) is 4.79 Å². The summed E-state index contributed by atoms with van der Waals surface area (Å²) in [5.41, 5.74) is -1.10. The van der Waals surface area contributed by atoms with Gasteiger partial charge in [-0.15, -0.1) is 13.2 Å². The molecule has 0 radical (unpaired) electrons. The lowest BCUT2D eigenvalue weighted by Crippen LogP contribution is -2.39. The van der Waals surface area contributed by atoms with Crippen LogP contribution in [-0.2, 0) is 16.1 Å². The van der Waals surface area contributed by atoms with Crippen LogP contribution in [0.4, 0.5) is 0 Å². The smallest absolute Gasteiger partial charge is 0.330 e. The third-order valence-electron chi connectivity index (χ3n) is 4.36. The standard InChI is InChI=1S/C17H28N3O6P/c1-10(21)7-18-8-11-9-20(17(25)19-15(11)24)16-14(23)13(22)12(26-16)5-6-27(2,3)4/h9,12-14,16,18,22-23H,2,5-8H2,1,3-4H3,(H,19,24,25)/t12?,13-,14-,16?/m1/s1. The highest BCUT2D eigenvalue weighted by molar-refractivity contribution is 7.72. The van der Waals surface area contributed by atoms with Crippen LogP contribution in [-0.4, -0.2) is 76.2 Å². The molecule has 1 saturated heterocycles. The van der Waals surface area contributed by atoms with Crippen molar-refractivity contribution in [2.75, 3.05) is 26.0 Å². The number of Topliss-reactive ketones (excluding diaryl/α,β-unsaturated/α-hetero) is 1. The Morgan fingerprint density at radius 2 is 2.04 bits per heavy atom. The van der Waals surface area contributed by atoms with Crippen LogP contribution >= 0.6 is 6.89 Å². The maximum Gasteiger partial charge on any atom is 0.330 e. The number of carbonyl (C=O) groups excluding carboxylic acids is 1. The molecule has 0 bridgehead atoms. The zero-order chi connectivity index (χ0) is 20.4. The van der Waals surface area contributed by atoms with Crippen LogP contribution in [0.2, 0.25) is 0 Å². The Kier molecular flexibility index (Phi) is 6.99. The molecular formula is C17H28N3O6P. The molecule has 0 aliphatic carbocycles. The number of ether oxygens (including phenoxy) is 1. The monoisotopic (exact) mass is 401 g/mol. The Hall–Kier alpha value is -1.51. The predicted molar refractivity (Wildman–Crippen MR) is 105 cm³/mol. The third-order valence-corrected chi connectivity index (χ3v) is 5.83. The van der Waals surface area contributed by atoms with Gasteiger partial charge in [0, 0.05) is 18.3 Å². The highest BCUT2D eigenvalue weighted by Crippen LogP contribution is 2.39. The normalized spacial score (nSPS) is 25.7. The molecule has 1 aliphatic heterocycles. The van der Waals surface area contributed by atoms with Crippen molar-refractivity contribution in [1.29, 1.82) is 0 Å². The molecule has 1 aromatic rings. The summed E-state index contributed by atoms with van der Waals surface area (Å²) in [5.74, 6) is -0.0866. The minimum absolute atomic E-state index is 0.0736. The van der Waals surface area contributed by atoms with Gasteiger partial charge in [0.15, 0.2) is 6.23 Å². The Morgan fingerprint density at radius 1 is 1.37 bits per heavy atom. The number of hydrogen-bond donors (Lipinski definition) is 4. The number of nitrogens with zero attached hydrogens (tertiary/aromatic N) is 1. The molecule has 152 valence electrons. The van der Waals surface area contributed by atoms with E-state index >= 15 is 0 Å². The highest BCUT2D eigenvalue weighted by Gasteiger charge is 2.44. The highest BCUT2D eigenvalue weighted by atomic mass is 31.2. The van der Waals surface area contributed by atoms with Crippen molar-refractivity contribution in [3.63, 3.8) is 0 Å². The minimum atomic E-state index is -1.33. The molecule has 1 aromatic heterocycles. The van der Waals surface area contributed by atoms with Gasteiger partial charge in [-0.3, -0.25) is 19.1 Å². The van der Waals surface area contributed by atoms with Crippen LogP contribution in [0.5, 0.6) is 0 Å². The number of H-pyrrole nitrogens is 1. The predicted octanol–water partition coefficient (Wildman–Crippen LogP) is -1.07. The summed E-state index contributed by atoms with van der Waals surface area (Å²) in [6.45, 7) is 4.38. The van der Waals surface area contributed by atoms with Crippen molar-refractivity contribution in [2.45, 2.75) is 44.4 Å². The van der Waals surface area contributed by atoms with Gasteiger partial charge in [-0.2, -0.15) is 0 Å². The summed E-state index contributed by atoms with van der Waals surface area (Å²) in [5, 5.41) is 23.4. The van der Waals surface area contributed by atoms with Crippen LogP contribution in [0, 0.1) is 0 Å². The van der Waals surface area contributed by atoms with Gasteiger partial charge in [0.25, 0.3) is 5.56 Å². The quantitative estimate of drug-likeness (QED) is 0.408. The van der Waals surface area contributed by atoms with Gasteiger partial charge in [0.05, 0.1) is 12.6 Å². The maximum absolute atomic E-state index is 12.2. The molecule has 0 aromatic carbocycles. The molecule has 2 rings (SSSR count). The molecule has 4 atom stereocenters. The van der Waals surface area contributed by atoms with Crippen molar-refractivity contribution >= 4 is 19.0 Å². The summed E-state index contributed by atoms with van der Waals surface area (Å²) in [7, 11) is 0. The van der Waals surface area contributed by atoms with E-state index in [-0.39, 0.29) is 24.4 Å². The summed E-state index contributed by atoms with van der Waals surface area (Å²) in [4.78, 5) is 37.3. The fourth-order valence-electron chi connectivity index (χ4n) is 2.89. The Bertz CT molecular complexity index is 842. The van der Waals surface area contributed by atoms with Gasteiger partial charge in [0.2, 0.25) is 0 Å². The molecule has 0 amide bonds. The number of aromatic amines is 1. The van der Waals surface area contributed by atoms with E-state index in [2.05, 4.69) is 29.9 Å². The van der Waals surface area contributed by atoms with E-state index in [9.17, 15) is 24.6 Å². The number of ketones is 1. The number of rotatable bonds is 8. The van der Waals surface area contributed by atoms with E-state index in [0.29, 0.717) is 6.42 Å². The summed E-state index contributed by atoms with van der Waals surface area (Å²) in [6.07, 6.45) is 2.52. The number of aromatic nitrogens is 2. The topological polar surface area (TPSA) is 134 Å². The summed E-state index contributed by atoms with van der Waals surface area (Å²) < 4.78 is 6.82. The van der Waals surface area contributed by atoms with E-state index in [1.54, 1.807) is 0 Å². The number of hydrogen-bond acceptors (Lipinski definition) is 7. The first-order chi connectivity index (χ1) is 12.5. The van der Waals surface area contributed by atoms with Gasteiger partial charge in [0.1, 0.15) is 18.0 Å². The fourth-order valence-corrected chi connectivity index (χ4v) is 3.84. The van der Waals surface area contributed by atoms with Crippen LogP contribution in [0.15, 0.2) is 15.8 Å². The fraction of sp³-hybridized carbons (Fsp3) is 0.647. The number of nitrogens with one attached hydrogen (secondary N) is 2. The third kappa shape index (κ3) is 5.73.